The Morgan fingerprint density at radius 2 is 1.93 bits per heavy atom. The Bertz CT molecular complexity index is 162. The standard InChI is InChI=1S/C11H25N3O/c1-4-9-14(5-2)10-8-13-7-6-11(15)12-3/h13H,4-10H2,1-3H3,(H,12,15). The molecule has 0 fully saturated rings. The van der Waals surface area contributed by atoms with Crippen molar-refractivity contribution in [3.63, 3.8) is 0 Å². The van der Waals surface area contributed by atoms with Gasteiger partial charge in [-0.2, -0.15) is 0 Å². The Morgan fingerprint density at radius 3 is 2.47 bits per heavy atom. The van der Waals surface area contributed by atoms with Crippen LogP contribution in [0.1, 0.15) is 26.7 Å². The maximum atomic E-state index is 10.9. The van der Waals surface area contributed by atoms with E-state index in [4.69, 9.17) is 0 Å². The molecule has 0 spiro atoms. The third-order valence-corrected chi connectivity index (χ3v) is 2.40. The molecule has 0 aromatic carbocycles. The van der Waals surface area contributed by atoms with Crippen LogP contribution < -0.4 is 10.6 Å². The molecule has 15 heavy (non-hydrogen) atoms. The summed E-state index contributed by atoms with van der Waals surface area (Å²) < 4.78 is 0. The molecular weight excluding hydrogens is 190 g/mol. The monoisotopic (exact) mass is 215 g/mol. The molecule has 0 aliphatic carbocycles. The molecule has 2 N–H and O–H groups in total. The second-order valence-electron chi connectivity index (χ2n) is 3.61. The van der Waals surface area contributed by atoms with Crippen LogP contribution in [-0.4, -0.2) is 50.6 Å². The third-order valence-electron chi connectivity index (χ3n) is 2.40. The summed E-state index contributed by atoms with van der Waals surface area (Å²) in [6.07, 6.45) is 1.77. The molecule has 0 heterocycles. The second kappa shape index (κ2) is 9.93. The van der Waals surface area contributed by atoms with Gasteiger partial charge in [-0.3, -0.25) is 4.79 Å². The zero-order valence-corrected chi connectivity index (χ0v) is 10.3. The van der Waals surface area contributed by atoms with Gasteiger partial charge in [0.25, 0.3) is 0 Å². The number of likely N-dealkylation sites (N-methyl/N-ethyl adjacent to an activating group) is 1. The predicted molar refractivity (Wildman–Crippen MR) is 64.0 cm³/mol. The first-order chi connectivity index (χ1) is 7.24. The van der Waals surface area contributed by atoms with Gasteiger partial charge in [0.1, 0.15) is 0 Å². The summed E-state index contributed by atoms with van der Waals surface area (Å²) in [5, 5.41) is 5.88. The summed E-state index contributed by atoms with van der Waals surface area (Å²) in [4.78, 5) is 13.3. The van der Waals surface area contributed by atoms with Crippen molar-refractivity contribution in [3.8, 4) is 0 Å². The number of rotatable bonds is 9. The van der Waals surface area contributed by atoms with Crippen molar-refractivity contribution in [2.24, 2.45) is 0 Å². The molecule has 0 bridgehead atoms. The van der Waals surface area contributed by atoms with Gasteiger partial charge >= 0.3 is 0 Å². The Kier molecular flexibility index (Phi) is 9.52. The lowest BCUT2D eigenvalue weighted by Gasteiger charge is -2.19. The van der Waals surface area contributed by atoms with Crippen molar-refractivity contribution in [2.75, 3.05) is 39.8 Å². The van der Waals surface area contributed by atoms with Crippen molar-refractivity contribution in [3.05, 3.63) is 0 Å². The van der Waals surface area contributed by atoms with Gasteiger partial charge in [0.15, 0.2) is 0 Å². The van der Waals surface area contributed by atoms with Crippen LogP contribution in [-0.2, 0) is 4.79 Å². The van der Waals surface area contributed by atoms with Gasteiger partial charge in [0.2, 0.25) is 5.91 Å². The summed E-state index contributed by atoms with van der Waals surface area (Å²) in [6, 6.07) is 0. The number of hydrogen-bond donors (Lipinski definition) is 2. The highest BCUT2D eigenvalue weighted by atomic mass is 16.1. The molecule has 0 aliphatic rings. The summed E-state index contributed by atoms with van der Waals surface area (Å²) in [7, 11) is 1.67. The van der Waals surface area contributed by atoms with Gasteiger partial charge in [-0.25, -0.2) is 0 Å². The summed E-state index contributed by atoms with van der Waals surface area (Å²) >= 11 is 0. The van der Waals surface area contributed by atoms with Crippen LogP contribution in [0.4, 0.5) is 0 Å². The molecular formula is C11H25N3O. The minimum atomic E-state index is 0.100. The summed E-state index contributed by atoms with van der Waals surface area (Å²) in [5.74, 6) is 0.100. The molecule has 0 saturated heterocycles. The van der Waals surface area contributed by atoms with Crippen LogP contribution in [0.5, 0.6) is 0 Å². The highest BCUT2D eigenvalue weighted by molar-refractivity contribution is 5.75. The molecule has 0 rings (SSSR count). The number of carbonyl (C=O) groups is 1. The molecule has 4 heteroatoms. The van der Waals surface area contributed by atoms with Gasteiger partial charge in [0.05, 0.1) is 0 Å². The lowest BCUT2D eigenvalue weighted by Crippen LogP contribution is -2.34. The van der Waals surface area contributed by atoms with E-state index in [1.165, 1.54) is 6.42 Å². The quantitative estimate of drug-likeness (QED) is 0.549. The van der Waals surface area contributed by atoms with E-state index < -0.39 is 0 Å². The summed E-state index contributed by atoms with van der Waals surface area (Å²) in [6.45, 7) is 9.44. The lowest BCUT2D eigenvalue weighted by atomic mass is 10.3. The number of nitrogens with zero attached hydrogens (tertiary/aromatic N) is 1. The maximum Gasteiger partial charge on any atom is 0.221 e. The van der Waals surface area contributed by atoms with Crippen molar-refractivity contribution in [2.45, 2.75) is 26.7 Å². The average Bonchev–Trinajstić information content (AvgIpc) is 2.26. The molecule has 0 aromatic heterocycles. The van der Waals surface area contributed by atoms with Gasteiger partial charge in [-0.1, -0.05) is 13.8 Å². The number of hydrogen-bond acceptors (Lipinski definition) is 3. The Morgan fingerprint density at radius 1 is 1.20 bits per heavy atom. The third kappa shape index (κ3) is 8.39. The molecule has 4 nitrogen and oxygen atoms in total. The van der Waals surface area contributed by atoms with Gasteiger partial charge in [-0.15, -0.1) is 0 Å². The molecule has 1 amide bonds. The van der Waals surface area contributed by atoms with Gasteiger partial charge < -0.3 is 15.5 Å². The number of nitrogens with one attached hydrogen (secondary N) is 2. The van der Waals surface area contributed by atoms with Crippen LogP contribution in [0, 0.1) is 0 Å². The van der Waals surface area contributed by atoms with Crippen molar-refractivity contribution < 1.29 is 4.79 Å². The zero-order chi connectivity index (χ0) is 11.5. The van der Waals surface area contributed by atoms with E-state index in [-0.39, 0.29) is 5.91 Å². The molecule has 0 atom stereocenters. The van der Waals surface area contributed by atoms with Crippen LogP contribution in [0.15, 0.2) is 0 Å². The van der Waals surface area contributed by atoms with E-state index in [1.807, 2.05) is 0 Å². The molecule has 0 aromatic rings. The molecule has 0 saturated carbocycles. The van der Waals surface area contributed by atoms with Gasteiger partial charge in [-0.05, 0) is 19.5 Å². The highest BCUT2D eigenvalue weighted by Crippen LogP contribution is 1.88. The van der Waals surface area contributed by atoms with Crippen molar-refractivity contribution >= 4 is 5.91 Å². The smallest absolute Gasteiger partial charge is 0.221 e. The van der Waals surface area contributed by atoms with E-state index in [9.17, 15) is 4.79 Å². The minimum absolute atomic E-state index is 0.100. The van der Waals surface area contributed by atoms with E-state index in [2.05, 4.69) is 29.4 Å². The topological polar surface area (TPSA) is 44.4 Å². The van der Waals surface area contributed by atoms with Crippen LogP contribution >= 0.6 is 0 Å². The lowest BCUT2D eigenvalue weighted by molar-refractivity contribution is -0.120. The van der Waals surface area contributed by atoms with E-state index >= 15 is 0 Å². The fourth-order valence-electron chi connectivity index (χ4n) is 1.43. The minimum Gasteiger partial charge on any atom is -0.359 e. The highest BCUT2D eigenvalue weighted by Gasteiger charge is 2.00. The predicted octanol–water partition coefficient (Wildman–Crippen LogP) is 0.444. The number of amides is 1. The Balaban J connectivity index is 3.32. The van der Waals surface area contributed by atoms with E-state index in [0.29, 0.717) is 6.42 Å². The largest absolute Gasteiger partial charge is 0.359 e. The normalized spacial score (nSPS) is 10.7. The number of carbonyl (C=O) groups excluding carboxylic acids is 1. The fourth-order valence-corrected chi connectivity index (χ4v) is 1.43. The van der Waals surface area contributed by atoms with Gasteiger partial charge in [0, 0.05) is 33.1 Å². The van der Waals surface area contributed by atoms with E-state index in [1.54, 1.807) is 7.05 Å². The second-order valence-corrected chi connectivity index (χ2v) is 3.61. The first-order valence-electron chi connectivity index (χ1n) is 5.88. The zero-order valence-electron chi connectivity index (χ0n) is 10.3. The molecule has 90 valence electrons. The Hall–Kier alpha value is -0.610. The molecule has 0 aliphatic heterocycles. The van der Waals surface area contributed by atoms with Crippen LogP contribution in [0.25, 0.3) is 0 Å². The maximum absolute atomic E-state index is 10.9. The average molecular weight is 215 g/mol. The van der Waals surface area contributed by atoms with Crippen molar-refractivity contribution in [1.82, 2.24) is 15.5 Å². The van der Waals surface area contributed by atoms with Crippen LogP contribution in [0.3, 0.4) is 0 Å². The molecule has 0 radical (unpaired) electrons. The molecule has 0 unspecified atom stereocenters. The van der Waals surface area contributed by atoms with Crippen molar-refractivity contribution in [1.29, 1.82) is 0 Å². The SMILES string of the molecule is CCCN(CC)CCNCCC(=O)NC. The van der Waals surface area contributed by atoms with E-state index in [0.717, 1.165) is 32.7 Å². The first-order valence-corrected chi connectivity index (χ1v) is 5.88. The first kappa shape index (κ1) is 14.4. The summed E-state index contributed by atoms with van der Waals surface area (Å²) in [5.41, 5.74) is 0. The van der Waals surface area contributed by atoms with Crippen LogP contribution in [0.2, 0.25) is 0 Å². The fraction of sp³-hybridized carbons (Fsp3) is 0.909. The Labute approximate surface area is 93.4 Å².